The lowest BCUT2D eigenvalue weighted by Crippen LogP contribution is -2.22. The van der Waals surface area contributed by atoms with E-state index in [-0.39, 0.29) is 11.9 Å². The molecule has 0 radical (unpaired) electrons. The number of carbonyl (C=O) groups excluding carboxylic acids is 1. The van der Waals surface area contributed by atoms with Crippen molar-refractivity contribution < 1.29 is 4.79 Å². The Hall–Kier alpha value is -2.01. The Kier molecular flexibility index (Phi) is 3.84. The van der Waals surface area contributed by atoms with Crippen LogP contribution in [0.5, 0.6) is 0 Å². The summed E-state index contributed by atoms with van der Waals surface area (Å²) in [5, 5.41) is 8.33. The van der Waals surface area contributed by atoms with E-state index < -0.39 is 0 Å². The number of nitrogen functional groups attached to an aromatic ring is 1. The summed E-state index contributed by atoms with van der Waals surface area (Å²) in [6.07, 6.45) is 3.40. The molecule has 5 heteroatoms. The van der Waals surface area contributed by atoms with Gasteiger partial charge in [-0.25, -0.2) is 0 Å². The summed E-state index contributed by atoms with van der Waals surface area (Å²) >= 11 is 1.81. The van der Waals surface area contributed by atoms with Crippen molar-refractivity contribution in [2.24, 2.45) is 0 Å². The van der Waals surface area contributed by atoms with Gasteiger partial charge in [0.1, 0.15) is 0 Å². The number of aryl methyl sites for hydroxylation is 1. The molecule has 1 aliphatic carbocycles. The molecule has 1 atom stereocenters. The highest BCUT2D eigenvalue weighted by Crippen LogP contribution is 2.36. The number of nitrogens with two attached hydrogens (primary N) is 1. The first-order chi connectivity index (χ1) is 10.2. The van der Waals surface area contributed by atoms with Crippen molar-refractivity contribution >= 4 is 28.6 Å². The average molecular weight is 301 g/mol. The van der Waals surface area contributed by atoms with E-state index in [4.69, 9.17) is 5.73 Å². The number of nitrogens with one attached hydrogen (secondary N) is 2. The highest BCUT2D eigenvalue weighted by molar-refractivity contribution is 7.10. The third-order valence-electron chi connectivity index (χ3n) is 3.90. The zero-order valence-corrected chi connectivity index (χ0v) is 12.8. The Morgan fingerprint density at radius 2 is 2.24 bits per heavy atom. The molecule has 0 fully saturated rings. The van der Waals surface area contributed by atoms with Gasteiger partial charge < -0.3 is 16.4 Å². The number of anilines is 2. The maximum absolute atomic E-state index is 12.0. The minimum atomic E-state index is -0.0983. The lowest BCUT2D eigenvalue weighted by molar-refractivity contribution is 0.0964. The highest BCUT2D eigenvalue weighted by atomic mass is 32.1. The molecule has 1 aliphatic rings. The zero-order chi connectivity index (χ0) is 14.8. The van der Waals surface area contributed by atoms with Gasteiger partial charge in [-0.05, 0) is 54.5 Å². The topological polar surface area (TPSA) is 67.2 Å². The van der Waals surface area contributed by atoms with E-state index in [9.17, 15) is 4.79 Å². The van der Waals surface area contributed by atoms with Crippen LogP contribution in [0.2, 0.25) is 0 Å². The Labute approximate surface area is 128 Å². The standard InChI is InChI=1S/C16H19N3OS/c1-18-16(20)12-6-5-10(17)9-14(12)19-13-3-2-4-15-11(13)7-8-21-15/h5-9,13,19H,2-4,17H2,1H3,(H,18,20). The van der Waals surface area contributed by atoms with E-state index >= 15 is 0 Å². The number of benzene rings is 1. The van der Waals surface area contributed by atoms with Gasteiger partial charge in [-0.3, -0.25) is 4.79 Å². The molecule has 2 aromatic rings. The monoisotopic (exact) mass is 301 g/mol. The van der Waals surface area contributed by atoms with E-state index in [0.717, 1.165) is 18.5 Å². The average Bonchev–Trinajstić information content (AvgIpc) is 2.96. The Balaban J connectivity index is 1.92. The van der Waals surface area contributed by atoms with Crippen LogP contribution in [0, 0.1) is 0 Å². The van der Waals surface area contributed by atoms with Crippen molar-refractivity contribution in [2.75, 3.05) is 18.1 Å². The van der Waals surface area contributed by atoms with Gasteiger partial charge in [0.25, 0.3) is 5.91 Å². The van der Waals surface area contributed by atoms with Crippen molar-refractivity contribution in [1.82, 2.24) is 5.32 Å². The second kappa shape index (κ2) is 5.77. The van der Waals surface area contributed by atoms with Gasteiger partial charge in [0, 0.05) is 23.3 Å². The van der Waals surface area contributed by atoms with Crippen LogP contribution in [-0.2, 0) is 6.42 Å². The molecule has 1 aromatic carbocycles. The van der Waals surface area contributed by atoms with E-state index in [2.05, 4.69) is 22.1 Å². The molecule has 1 unspecified atom stereocenters. The normalized spacial score (nSPS) is 17.1. The minimum Gasteiger partial charge on any atom is -0.399 e. The molecule has 21 heavy (non-hydrogen) atoms. The van der Waals surface area contributed by atoms with E-state index in [1.165, 1.54) is 16.9 Å². The predicted octanol–water partition coefficient (Wildman–Crippen LogP) is 3.18. The fourth-order valence-corrected chi connectivity index (χ4v) is 3.83. The van der Waals surface area contributed by atoms with E-state index in [0.29, 0.717) is 11.3 Å². The lowest BCUT2D eigenvalue weighted by Gasteiger charge is -2.26. The molecule has 1 heterocycles. The first-order valence-corrected chi connectivity index (χ1v) is 8.01. The summed E-state index contributed by atoms with van der Waals surface area (Å²) in [6, 6.07) is 7.80. The first kappa shape index (κ1) is 13.9. The van der Waals surface area contributed by atoms with Crippen LogP contribution in [0.4, 0.5) is 11.4 Å². The van der Waals surface area contributed by atoms with Crippen LogP contribution in [0.3, 0.4) is 0 Å². The number of hydrogen-bond donors (Lipinski definition) is 3. The SMILES string of the molecule is CNC(=O)c1ccc(N)cc1NC1CCCc2sccc21. The van der Waals surface area contributed by atoms with Crippen LogP contribution in [0.15, 0.2) is 29.6 Å². The second-order valence-electron chi connectivity index (χ2n) is 5.27. The summed E-state index contributed by atoms with van der Waals surface area (Å²) < 4.78 is 0. The Bertz CT molecular complexity index is 665. The summed E-state index contributed by atoms with van der Waals surface area (Å²) in [5.74, 6) is -0.0983. The molecule has 1 amide bonds. The van der Waals surface area contributed by atoms with E-state index in [1.807, 2.05) is 17.4 Å². The van der Waals surface area contributed by atoms with Crippen LogP contribution in [0.1, 0.15) is 39.7 Å². The molecule has 0 bridgehead atoms. The van der Waals surface area contributed by atoms with Gasteiger partial charge in [-0.1, -0.05) is 0 Å². The molecule has 4 nitrogen and oxygen atoms in total. The van der Waals surface area contributed by atoms with Gasteiger partial charge >= 0.3 is 0 Å². The van der Waals surface area contributed by atoms with Gasteiger partial charge in [-0.15, -0.1) is 11.3 Å². The summed E-state index contributed by atoms with van der Waals surface area (Å²) in [6.45, 7) is 0. The van der Waals surface area contributed by atoms with Gasteiger partial charge in [0.2, 0.25) is 0 Å². The largest absolute Gasteiger partial charge is 0.399 e. The fourth-order valence-electron chi connectivity index (χ4n) is 2.84. The molecule has 110 valence electrons. The number of amides is 1. The van der Waals surface area contributed by atoms with Crippen LogP contribution < -0.4 is 16.4 Å². The number of thiophene rings is 1. The molecule has 0 aliphatic heterocycles. The minimum absolute atomic E-state index is 0.0983. The number of fused-ring (bicyclic) bond motifs is 1. The second-order valence-corrected chi connectivity index (χ2v) is 6.27. The van der Waals surface area contributed by atoms with Gasteiger partial charge in [0.05, 0.1) is 11.6 Å². The van der Waals surface area contributed by atoms with Gasteiger partial charge in [0.15, 0.2) is 0 Å². The maximum atomic E-state index is 12.0. The summed E-state index contributed by atoms with van der Waals surface area (Å²) in [7, 11) is 1.64. The predicted molar refractivity (Wildman–Crippen MR) is 87.9 cm³/mol. The molecule has 0 saturated carbocycles. The third-order valence-corrected chi connectivity index (χ3v) is 4.89. The smallest absolute Gasteiger partial charge is 0.253 e. The molecule has 0 spiro atoms. The molecule has 3 rings (SSSR count). The van der Waals surface area contributed by atoms with Crippen LogP contribution in [-0.4, -0.2) is 13.0 Å². The zero-order valence-electron chi connectivity index (χ0n) is 12.0. The maximum Gasteiger partial charge on any atom is 0.253 e. The van der Waals surface area contributed by atoms with Crippen molar-refractivity contribution in [2.45, 2.75) is 25.3 Å². The molecule has 1 aromatic heterocycles. The quantitative estimate of drug-likeness (QED) is 0.763. The summed E-state index contributed by atoms with van der Waals surface area (Å²) in [4.78, 5) is 13.4. The van der Waals surface area contributed by atoms with Crippen LogP contribution in [0.25, 0.3) is 0 Å². The van der Waals surface area contributed by atoms with Crippen molar-refractivity contribution in [3.63, 3.8) is 0 Å². The highest BCUT2D eigenvalue weighted by Gasteiger charge is 2.22. The number of carbonyl (C=O) groups is 1. The lowest BCUT2D eigenvalue weighted by atomic mass is 9.93. The first-order valence-electron chi connectivity index (χ1n) is 7.13. The van der Waals surface area contributed by atoms with Gasteiger partial charge in [-0.2, -0.15) is 0 Å². The fraction of sp³-hybridized carbons (Fsp3) is 0.312. The third kappa shape index (κ3) is 2.74. The molecule has 4 N–H and O–H groups in total. The molecular formula is C16H19N3OS. The van der Waals surface area contributed by atoms with Crippen molar-refractivity contribution in [3.05, 3.63) is 45.6 Å². The summed E-state index contributed by atoms with van der Waals surface area (Å²) in [5.41, 5.74) is 9.33. The van der Waals surface area contributed by atoms with E-state index in [1.54, 1.807) is 19.2 Å². The van der Waals surface area contributed by atoms with Crippen molar-refractivity contribution in [3.8, 4) is 0 Å². The number of rotatable bonds is 3. The molecular weight excluding hydrogens is 282 g/mol. The van der Waals surface area contributed by atoms with Crippen molar-refractivity contribution in [1.29, 1.82) is 0 Å². The molecule has 0 saturated heterocycles. The Morgan fingerprint density at radius 3 is 3.05 bits per heavy atom. The van der Waals surface area contributed by atoms with Crippen LogP contribution >= 0.6 is 11.3 Å². The number of hydrogen-bond acceptors (Lipinski definition) is 4. The Morgan fingerprint density at radius 1 is 1.38 bits per heavy atom.